The summed E-state index contributed by atoms with van der Waals surface area (Å²) in [4.78, 5) is 0. The number of rotatable bonds is 9. The van der Waals surface area contributed by atoms with Crippen LogP contribution in [0.1, 0.15) is 6.42 Å². The Morgan fingerprint density at radius 2 is 1.86 bits per heavy atom. The Hall–Kier alpha value is -2.07. The number of hydrogen-bond acceptors (Lipinski definition) is 6. The van der Waals surface area contributed by atoms with Crippen molar-refractivity contribution in [1.29, 1.82) is 0 Å². The second-order valence-corrected chi connectivity index (χ2v) is 9.52. The van der Waals surface area contributed by atoms with E-state index in [0.29, 0.717) is 40.5 Å². The lowest BCUT2D eigenvalue weighted by molar-refractivity contribution is 0.416. The Balaban J connectivity index is 1.91. The Labute approximate surface area is 179 Å². The summed E-state index contributed by atoms with van der Waals surface area (Å²) in [6.45, 7) is 0.375. The van der Waals surface area contributed by atoms with Gasteiger partial charge in [0.15, 0.2) is 11.0 Å². The SMILES string of the molecule is COc1ccccc1-c1nnc(SCCCNS(C)(=O)=O)n1-c1ccc(Cl)cc1. The molecule has 0 atom stereocenters. The number of methoxy groups -OCH3 is 1. The summed E-state index contributed by atoms with van der Waals surface area (Å²) in [5, 5.41) is 10.1. The number of thioether (sulfide) groups is 1. The topological polar surface area (TPSA) is 86.1 Å². The Morgan fingerprint density at radius 1 is 1.14 bits per heavy atom. The second kappa shape index (κ2) is 9.62. The van der Waals surface area contributed by atoms with Gasteiger partial charge in [-0.3, -0.25) is 4.57 Å². The van der Waals surface area contributed by atoms with Gasteiger partial charge in [-0.1, -0.05) is 35.5 Å². The molecular formula is C19H21ClN4O3S2. The molecule has 0 unspecified atom stereocenters. The minimum Gasteiger partial charge on any atom is -0.496 e. The van der Waals surface area contributed by atoms with Gasteiger partial charge in [-0.05, 0) is 42.8 Å². The zero-order chi connectivity index (χ0) is 20.9. The maximum absolute atomic E-state index is 11.2. The number of sulfonamides is 1. The van der Waals surface area contributed by atoms with Gasteiger partial charge in [0.1, 0.15) is 5.75 Å². The van der Waals surface area contributed by atoms with Crippen LogP contribution in [0.3, 0.4) is 0 Å². The summed E-state index contributed by atoms with van der Waals surface area (Å²) in [5.74, 6) is 2.03. The molecule has 0 saturated heterocycles. The van der Waals surface area contributed by atoms with E-state index < -0.39 is 10.0 Å². The molecule has 1 N–H and O–H groups in total. The Bertz CT molecular complexity index is 1070. The molecule has 0 radical (unpaired) electrons. The van der Waals surface area contributed by atoms with Gasteiger partial charge in [0, 0.05) is 23.0 Å². The first-order valence-corrected chi connectivity index (χ1v) is 12.1. The smallest absolute Gasteiger partial charge is 0.208 e. The maximum Gasteiger partial charge on any atom is 0.208 e. The average molecular weight is 453 g/mol. The van der Waals surface area contributed by atoms with Crippen LogP contribution in [0.5, 0.6) is 5.75 Å². The molecule has 0 aliphatic heterocycles. The van der Waals surface area contributed by atoms with Crippen molar-refractivity contribution in [2.45, 2.75) is 11.6 Å². The van der Waals surface area contributed by atoms with Crippen LogP contribution in [0.4, 0.5) is 0 Å². The normalized spacial score (nSPS) is 11.6. The number of benzene rings is 2. The molecule has 154 valence electrons. The van der Waals surface area contributed by atoms with Gasteiger partial charge in [-0.15, -0.1) is 10.2 Å². The first-order valence-electron chi connectivity index (χ1n) is 8.81. The molecule has 0 saturated carbocycles. The Kier molecular flexibility index (Phi) is 7.18. The second-order valence-electron chi connectivity index (χ2n) is 6.19. The van der Waals surface area contributed by atoms with Gasteiger partial charge in [0.05, 0.1) is 18.9 Å². The minimum absolute atomic E-state index is 0.375. The summed E-state index contributed by atoms with van der Waals surface area (Å²) < 4.78 is 32.3. The van der Waals surface area contributed by atoms with Crippen molar-refractivity contribution in [1.82, 2.24) is 19.5 Å². The molecule has 2 aromatic carbocycles. The molecule has 0 aliphatic carbocycles. The monoisotopic (exact) mass is 452 g/mol. The molecule has 0 bridgehead atoms. The third-order valence-corrected chi connectivity index (χ3v) is 5.98. The van der Waals surface area contributed by atoms with Gasteiger partial charge in [-0.2, -0.15) is 0 Å². The number of nitrogens with zero attached hydrogens (tertiary/aromatic N) is 3. The first-order chi connectivity index (χ1) is 13.9. The van der Waals surface area contributed by atoms with Crippen LogP contribution < -0.4 is 9.46 Å². The van der Waals surface area contributed by atoms with Crippen LogP contribution in [0.15, 0.2) is 53.7 Å². The standard InChI is InChI=1S/C19H21ClN4O3S2/c1-27-17-7-4-3-6-16(17)18-22-23-19(28-13-5-12-21-29(2,25)26)24(18)15-10-8-14(20)9-11-15/h3-4,6-11,21H,5,12-13H2,1-2H3. The van der Waals surface area contributed by atoms with E-state index in [0.717, 1.165) is 17.5 Å². The highest BCUT2D eigenvalue weighted by atomic mass is 35.5. The highest BCUT2D eigenvalue weighted by Crippen LogP contribution is 2.33. The molecule has 10 heteroatoms. The maximum atomic E-state index is 11.2. The molecule has 0 spiro atoms. The lowest BCUT2D eigenvalue weighted by Gasteiger charge is -2.12. The highest BCUT2D eigenvalue weighted by Gasteiger charge is 2.18. The van der Waals surface area contributed by atoms with E-state index >= 15 is 0 Å². The van der Waals surface area contributed by atoms with E-state index in [1.54, 1.807) is 7.11 Å². The quantitative estimate of drug-likeness (QED) is 0.394. The summed E-state index contributed by atoms with van der Waals surface area (Å²) in [5.41, 5.74) is 1.69. The molecular weight excluding hydrogens is 432 g/mol. The number of hydrogen-bond donors (Lipinski definition) is 1. The van der Waals surface area contributed by atoms with E-state index in [1.807, 2.05) is 53.1 Å². The van der Waals surface area contributed by atoms with Gasteiger partial charge >= 0.3 is 0 Å². The largest absolute Gasteiger partial charge is 0.496 e. The highest BCUT2D eigenvalue weighted by molar-refractivity contribution is 7.99. The molecule has 29 heavy (non-hydrogen) atoms. The molecule has 1 aromatic heterocycles. The molecule has 0 fully saturated rings. The molecule has 0 aliphatic rings. The van der Waals surface area contributed by atoms with Crippen molar-refractivity contribution in [2.24, 2.45) is 0 Å². The van der Waals surface area contributed by atoms with Crippen LogP contribution in [-0.4, -0.2) is 48.8 Å². The number of nitrogens with one attached hydrogen (secondary N) is 1. The predicted octanol–water partition coefficient (Wildman–Crippen LogP) is 3.63. The number of ether oxygens (including phenoxy) is 1. The summed E-state index contributed by atoms with van der Waals surface area (Å²) in [6.07, 6.45) is 1.81. The van der Waals surface area contributed by atoms with Crippen molar-refractivity contribution in [3.63, 3.8) is 0 Å². The average Bonchev–Trinajstić information content (AvgIpc) is 3.11. The first kappa shape index (κ1) is 21.6. The van der Waals surface area contributed by atoms with E-state index in [-0.39, 0.29) is 0 Å². The summed E-state index contributed by atoms with van der Waals surface area (Å²) in [6, 6.07) is 15.1. The van der Waals surface area contributed by atoms with E-state index in [9.17, 15) is 8.42 Å². The lowest BCUT2D eigenvalue weighted by atomic mass is 10.2. The number of aromatic nitrogens is 3. The molecule has 1 heterocycles. The van der Waals surface area contributed by atoms with Crippen molar-refractivity contribution >= 4 is 33.4 Å². The minimum atomic E-state index is -3.18. The van der Waals surface area contributed by atoms with Crippen molar-refractivity contribution < 1.29 is 13.2 Å². The zero-order valence-electron chi connectivity index (χ0n) is 16.0. The summed E-state index contributed by atoms with van der Waals surface area (Å²) in [7, 11) is -1.57. The zero-order valence-corrected chi connectivity index (χ0v) is 18.4. The van der Waals surface area contributed by atoms with Gasteiger partial charge < -0.3 is 4.74 Å². The fourth-order valence-electron chi connectivity index (χ4n) is 2.68. The van der Waals surface area contributed by atoms with Crippen molar-refractivity contribution in [3.8, 4) is 22.8 Å². The number of halogens is 1. The molecule has 0 amide bonds. The summed E-state index contributed by atoms with van der Waals surface area (Å²) >= 11 is 7.56. The van der Waals surface area contributed by atoms with Crippen LogP contribution in [0.2, 0.25) is 5.02 Å². The van der Waals surface area contributed by atoms with Crippen LogP contribution in [0, 0.1) is 0 Å². The fraction of sp³-hybridized carbons (Fsp3) is 0.263. The third kappa shape index (κ3) is 5.72. The van der Waals surface area contributed by atoms with Crippen molar-refractivity contribution in [2.75, 3.05) is 25.7 Å². The molecule has 7 nitrogen and oxygen atoms in total. The van der Waals surface area contributed by atoms with E-state index in [2.05, 4.69) is 14.9 Å². The third-order valence-electron chi connectivity index (χ3n) is 3.98. The van der Waals surface area contributed by atoms with Crippen molar-refractivity contribution in [3.05, 3.63) is 53.6 Å². The van der Waals surface area contributed by atoms with E-state index in [1.165, 1.54) is 11.8 Å². The van der Waals surface area contributed by atoms with Crippen LogP contribution in [-0.2, 0) is 10.0 Å². The molecule has 3 rings (SSSR count). The predicted molar refractivity (Wildman–Crippen MR) is 117 cm³/mol. The fourth-order valence-corrected chi connectivity index (χ4v) is 4.22. The number of para-hydroxylation sites is 1. The Morgan fingerprint density at radius 3 is 2.55 bits per heavy atom. The van der Waals surface area contributed by atoms with Gasteiger partial charge in [-0.25, -0.2) is 13.1 Å². The molecule has 3 aromatic rings. The van der Waals surface area contributed by atoms with Gasteiger partial charge in [0.2, 0.25) is 10.0 Å². The van der Waals surface area contributed by atoms with Crippen LogP contribution in [0.25, 0.3) is 17.1 Å². The lowest BCUT2D eigenvalue weighted by Crippen LogP contribution is -2.23. The van der Waals surface area contributed by atoms with Gasteiger partial charge in [0.25, 0.3) is 0 Å². The van der Waals surface area contributed by atoms with Crippen LogP contribution >= 0.6 is 23.4 Å². The van der Waals surface area contributed by atoms with E-state index in [4.69, 9.17) is 16.3 Å².